The van der Waals surface area contributed by atoms with Gasteiger partial charge in [-0.25, -0.2) is 24.6 Å². The lowest BCUT2D eigenvalue weighted by Gasteiger charge is -2.22. The van der Waals surface area contributed by atoms with Gasteiger partial charge in [-0.2, -0.15) is 0 Å². The van der Waals surface area contributed by atoms with Crippen LogP contribution < -0.4 is 15.2 Å². The number of aryl methyl sites for hydroxylation is 1. The summed E-state index contributed by atoms with van der Waals surface area (Å²) in [5, 5.41) is 1.66. The van der Waals surface area contributed by atoms with Crippen LogP contribution in [0, 0.1) is 12.7 Å². The number of fused-ring (bicyclic) bond motifs is 1. The number of nitrogens with one attached hydrogen (secondary N) is 1. The van der Waals surface area contributed by atoms with Crippen LogP contribution in [0.5, 0.6) is 5.75 Å². The largest absolute Gasteiger partial charge is 0.431 e. The molecule has 1 aromatic carbocycles. The minimum atomic E-state index is -0.671. The lowest BCUT2D eigenvalue weighted by atomic mass is 9.87. The second-order valence-electron chi connectivity index (χ2n) is 7.49. The van der Waals surface area contributed by atoms with Crippen molar-refractivity contribution in [3.05, 3.63) is 65.9 Å². The van der Waals surface area contributed by atoms with Crippen LogP contribution in [0.2, 0.25) is 0 Å². The van der Waals surface area contributed by atoms with Crippen LogP contribution in [-0.2, 0) is 5.41 Å². The molecule has 0 atom stereocenters. The number of carbonyl (C=O) groups is 1. The van der Waals surface area contributed by atoms with Crippen molar-refractivity contribution in [3.63, 3.8) is 0 Å². The van der Waals surface area contributed by atoms with Crippen LogP contribution in [-0.4, -0.2) is 27.6 Å². The smallest absolute Gasteiger partial charge is 0.406 e. The first-order valence-electron chi connectivity index (χ1n) is 9.14. The topological polar surface area (TPSA) is 80.2 Å². The Hall–Kier alpha value is -3.55. The van der Waals surface area contributed by atoms with E-state index in [1.54, 1.807) is 30.3 Å². The molecule has 0 unspecified atom stereocenters. The van der Waals surface area contributed by atoms with Gasteiger partial charge in [-0.3, -0.25) is 9.99 Å². The van der Waals surface area contributed by atoms with Gasteiger partial charge < -0.3 is 4.74 Å². The summed E-state index contributed by atoms with van der Waals surface area (Å²) in [5.41, 5.74) is 5.12. The molecule has 8 heteroatoms. The molecule has 0 aliphatic carbocycles. The Labute approximate surface area is 167 Å². The first kappa shape index (κ1) is 18.8. The number of hydrogen-bond acceptors (Lipinski definition) is 6. The summed E-state index contributed by atoms with van der Waals surface area (Å²) in [5.74, 6) is 0.398. The van der Waals surface area contributed by atoms with Crippen LogP contribution in [0.25, 0.3) is 11.5 Å². The van der Waals surface area contributed by atoms with Crippen molar-refractivity contribution in [1.29, 1.82) is 0 Å². The predicted molar refractivity (Wildman–Crippen MR) is 106 cm³/mol. The van der Waals surface area contributed by atoms with E-state index in [-0.39, 0.29) is 17.0 Å². The summed E-state index contributed by atoms with van der Waals surface area (Å²) < 4.78 is 19.0. The number of nitrogens with zero attached hydrogens (tertiary/aromatic N) is 4. The van der Waals surface area contributed by atoms with E-state index in [4.69, 9.17) is 4.74 Å². The summed E-state index contributed by atoms with van der Waals surface area (Å²) in [6, 6.07) is 9.98. The average molecular weight is 393 g/mol. The molecule has 0 saturated heterocycles. The maximum absolute atomic E-state index is 13.6. The molecule has 1 N–H and O–H groups in total. The molecule has 2 aromatic heterocycles. The van der Waals surface area contributed by atoms with E-state index in [9.17, 15) is 9.18 Å². The fourth-order valence-electron chi connectivity index (χ4n) is 3.36. The highest BCUT2D eigenvalue weighted by molar-refractivity contribution is 5.75. The molecule has 0 fully saturated rings. The van der Waals surface area contributed by atoms with E-state index in [1.165, 1.54) is 18.3 Å². The van der Waals surface area contributed by atoms with Gasteiger partial charge in [-0.15, -0.1) is 0 Å². The number of carbonyl (C=O) groups excluding carboxylic acids is 1. The molecule has 0 bridgehead atoms. The number of anilines is 1. The SMILES string of the molecule is Cc1nc(-c2ccccn2)ncc1OC(=O)NN1CC(C)(C)c2cc(F)ccc21. The normalized spacial score (nSPS) is 14.4. The Morgan fingerprint density at radius 1 is 1.24 bits per heavy atom. The standard InChI is InChI=1S/C21H20FN5O2/c1-13-18(11-24-19(25-13)16-6-4-5-9-23-16)29-20(28)26-27-12-21(2,3)15-10-14(22)7-8-17(15)27/h4-11H,12H2,1-3H3,(H,26,28). The van der Waals surface area contributed by atoms with Crippen molar-refractivity contribution >= 4 is 11.8 Å². The van der Waals surface area contributed by atoms with Gasteiger partial charge in [0.2, 0.25) is 0 Å². The van der Waals surface area contributed by atoms with Crippen molar-refractivity contribution in [3.8, 4) is 17.3 Å². The van der Waals surface area contributed by atoms with E-state index in [1.807, 2.05) is 26.0 Å². The number of aromatic nitrogens is 3. The first-order chi connectivity index (χ1) is 13.8. The summed E-state index contributed by atoms with van der Waals surface area (Å²) in [7, 11) is 0. The van der Waals surface area contributed by atoms with Crippen LogP contribution in [0.3, 0.4) is 0 Å². The molecule has 1 aliphatic heterocycles. The van der Waals surface area contributed by atoms with Gasteiger partial charge in [0.1, 0.15) is 11.5 Å². The highest BCUT2D eigenvalue weighted by Gasteiger charge is 2.36. The molecule has 1 amide bonds. The van der Waals surface area contributed by atoms with Crippen molar-refractivity contribution < 1.29 is 13.9 Å². The van der Waals surface area contributed by atoms with Gasteiger partial charge in [0.15, 0.2) is 11.6 Å². The van der Waals surface area contributed by atoms with Crippen molar-refractivity contribution in [2.75, 3.05) is 11.6 Å². The summed E-state index contributed by atoms with van der Waals surface area (Å²) >= 11 is 0. The zero-order chi connectivity index (χ0) is 20.6. The monoisotopic (exact) mass is 393 g/mol. The van der Waals surface area contributed by atoms with Gasteiger partial charge in [-0.1, -0.05) is 19.9 Å². The lowest BCUT2D eigenvalue weighted by Crippen LogP contribution is -2.45. The molecule has 3 heterocycles. The van der Waals surface area contributed by atoms with Crippen molar-refractivity contribution in [1.82, 2.24) is 20.4 Å². The zero-order valence-corrected chi connectivity index (χ0v) is 16.3. The van der Waals surface area contributed by atoms with Gasteiger partial charge in [0.25, 0.3) is 0 Å². The number of halogens is 1. The molecule has 0 spiro atoms. The Morgan fingerprint density at radius 3 is 2.79 bits per heavy atom. The number of hydrazine groups is 1. The van der Waals surface area contributed by atoms with Crippen LogP contribution >= 0.6 is 0 Å². The van der Waals surface area contributed by atoms with Gasteiger partial charge in [0.05, 0.1) is 17.6 Å². The second kappa shape index (κ2) is 7.12. The minimum absolute atomic E-state index is 0.250. The fourth-order valence-corrected chi connectivity index (χ4v) is 3.36. The van der Waals surface area contributed by atoms with Gasteiger partial charge >= 0.3 is 6.09 Å². The lowest BCUT2D eigenvalue weighted by molar-refractivity contribution is 0.198. The van der Waals surface area contributed by atoms with Gasteiger partial charge in [0, 0.05) is 18.2 Å². The maximum Gasteiger partial charge on any atom is 0.431 e. The molecule has 148 valence electrons. The third-order valence-corrected chi connectivity index (χ3v) is 4.79. The van der Waals surface area contributed by atoms with Crippen LogP contribution in [0.4, 0.5) is 14.9 Å². The number of benzene rings is 1. The Bertz CT molecular complexity index is 1070. The Kier molecular flexibility index (Phi) is 4.62. The summed E-state index contributed by atoms with van der Waals surface area (Å²) in [4.78, 5) is 25.3. The van der Waals surface area contributed by atoms with Crippen molar-refractivity contribution in [2.45, 2.75) is 26.2 Å². The second-order valence-corrected chi connectivity index (χ2v) is 7.49. The molecule has 1 aliphatic rings. The Balaban J connectivity index is 1.49. The highest BCUT2D eigenvalue weighted by Crippen LogP contribution is 2.39. The number of hydrogen-bond donors (Lipinski definition) is 1. The highest BCUT2D eigenvalue weighted by atomic mass is 19.1. The van der Waals surface area contributed by atoms with Crippen LogP contribution in [0.15, 0.2) is 48.8 Å². The quantitative estimate of drug-likeness (QED) is 0.729. The number of amides is 1. The Morgan fingerprint density at radius 2 is 2.07 bits per heavy atom. The molecule has 4 rings (SSSR count). The van der Waals surface area contributed by atoms with Crippen molar-refractivity contribution in [2.24, 2.45) is 0 Å². The minimum Gasteiger partial charge on any atom is -0.406 e. The fraction of sp³-hybridized carbons (Fsp3) is 0.238. The molecule has 0 radical (unpaired) electrons. The summed E-state index contributed by atoms with van der Waals surface area (Å²) in [6.45, 7) is 6.21. The summed E-state index contributed by atoms with van der Waals surface area (Å²) in [6.07, 6.45) is 2.44. The molecule has 0 saturated carbocycles. The predicted octanol–water partition coefficient (Wildman–Crippen LogP) is 3.79. The first-order valence-corrected chi connectivity index (χ1v) is 9.14. The van der Waals surface area contributed by atoms with Gasteiger partial charge in [-0.05, 0) is 42.8 Å². The molecule has 29 heavy (non-hydrogen) atoms. The van der Waals surface area contributed by atoms with E-state index in [0.717, 1.165) is 11.3 Å². The van der Waals surface area contributed by atoms with E-state index in [2.05, 4.69) is 20.4 Å². The number of ether oxygens (including phenoxy) is 1. The van der Waals surface area contributed by atoms with E-state index in [0.29, 0.717) is 23.8 Å². The number of rotatable bonds is 3. The number of pyridine rings is 1. The van der Waals surface area contributed by atoms with E-state index >= 15 is 0 Å². The third kappa shape index (κ3) is 3.73. The third-order valence-electron chi connectivity index (χ3n) is 4.79. The van der Waals surface area contributed by atoms with Crippen LogP contribution in [0.1, 0.15) is 25.1 Å². The molecule has 3 aromatic rings. The zero-order valence-electron chi connectivity index (χ0n) is 16.3. The molecular weight excluding hydrogens is 373 g/mol. The molecular formula is C21H20FN5O2. The average Bonchev–Trinajstić information content (AvgIpc) is 2.93. The maximum atomic E-state index is 13.6. The molecule has 7 nitrogen and oxygen atoms in total. The van der Waals surface area contributed by atoms with E-state index < -0.39 is 6.09 Å².